The Morgan fingerprint density at radius 3 is 2.15 bits per heavy atom. The van der Waals surface area contributed by atoms with Gasteiger partial charge in [0.05, 0.1) is 7.11 Å². The number of carbonyl (C=O) groups is 2. The Kier molecular flexibility index (Phi) is 6.05. The third-order valence-electron chi connectivity index (χ3n) is 5.12. The summed E-state index contributed by atoms with van der Waals surface area (Å²) in [5.41, 5.74) is 2.71. The van der Waals surface area contributed by atoms with Crippen LogP contribution < -0.4 is 5.32 Å². The lowest BCUT2D eigenvalue weighted by Crippen LogP contribution is -2.47. The van der Waals surface area contributed by atoms with Gasteiger partial charge in [0.15, 0.2) is 0 Å². The van der Waals surface area contributed by atoms with Gasteiger partial charge in [-0.05, 0) is 42.0 Å². The topological polar surface area (TPSA) is 55.4 Å². The molecule has 1 fully saturated rings. The quantitative estimate of drug-likeness (QED) is 0.821. The average Bonchev–Trinajstić information content (AvgIpc) is 2.72. The van der Waals surface area contributed by atoms with Crippen molar-refractivity contribution in [3.63, 3.8) is 0 Å². The zero-order valence-corrected chi connectivity index (χ0v) is 15.1. The largest absolute Gasteiger partial charge is 0.467 e. The van der Waals surface area contributed by atoms with Crippen molar-refractivity contribution in [2.75, 3.05) is 7.11 Å². The van der Waals surface area contributed by atoms with Gasteiger partial charge in [0, 0.05) is 5.56 Å². The predicted molar refractivity (Wildman–Crippen MR) is 102 cm³/mol. The van der Waals surface area contributed by atoms with Crippen molar-refractivity contribution in [2.45, 2.75) is 38.1 Å². The summed E-state index contributed by atoms with van der Waals surface area (Å²) in [5.74, 6) is -0.430. The lowest BCUT2D eigenvalue weighted by molar-refractivity contribution is -0.144. The number of ether oxygens (including phenoxy) is 1. The zero-order valence-electron chi connectivity index (χ0n) is 15.1. The number of hydrogen-bond acceptors (Lipinski definition) is 3. The summed E-state index contributed by atoms with van der Waals surface area (Å²) in [4.78, 5) is 24.8. The highest BCUT2D eigenvalue weighted by molar-refractivity contribution is 5.97. The predicted octanol–water partition coefficient (Wildman–Crippen LogP) is 4.21. The van der Waals surface area contributed by atoms with Crippen molar-refractivity contribution in [3.05, 3.63) is 60.2 Å². The van der Waals surface area contributed by atoms with Gasteiger partial charge in [0.2, 0.25) is 0 Å². The van der Waals surface area contributed by atoms with E-state index in [0.29, 0.717) is 5.56 Å². The van der Waals surface area contributed by atoms with Crippen LogP contribution in [0.2, 0.25) is 0 Å². The molecule has 0 spiro atoms. The van der Waals surface area contributed by atoms with Gasteiger partial charge in [-0.3, -0.25) is 4.79 Å². The summed E-state index contributed by atoms with van der Waals surface area (Å²) >= 11 is 0. The fraction of sp³-hybridized carbons (Fsp3) is 0.364. The molecule has 136 valence electrons. The number of benzene rings is 2. The van der Waals surface area contributed by atoms with Crippen LogP contribution in [0.1, 0.15) is 42.5 Å². The van der Waals surface area contributed by atoms with Crippen molar-refractivity contribution in [1.82, 2.24) is 5.32 Å². The number of hydrogen-bond donors (Lipinski definition) is 1. The fourth-order valence-corrected chi connectivity index (χ4v) is 3.63. The number of methoxy groups -OCH3 is 1. The molecular formula is C22H25NO3. The molecule has 1 atom stereocenters. The summed E-state index contributed by atoms with van der Waals surface area (Å²) in [7, 11) is 1.37. The van der Waals surface area contributed by atoms with Gasteiger partial charge in [0.1, 0.15) is 6.04 Å². The molecular weight excluding hydrogens is 326 g/mol. The van der Waals surface area contributed by atoms with Gasteiger partial charge in [-0.25, -0.2) is 4.79 Å². The Labute approximate surface area is 154 Å². The van der Waals surface area contributed by atoms with E-state index in [2.05, 4.69) is 5.32 Å². The first-order valence-electron chi connectivity index (χ1n) is 9.23. The summed E-state index contributed by atoms with van der Waals surface area (Å²) in [5, 5.41) is 2.90. The van der Waals surface area contributed by atoms with Crippen LogP contribution >= 0.6 is 0 Å². The van der Waals surface area contributed by atoms with Crippen LogP contribution in [0.4, 0.5) is 0 Å². The van der Waals surface area contributed by atoms with E-state index in [1.807, 2.05) is 42.5 Å². The van der Waals surface area contributed by atoms with Crippen molar-refractivity contribution < 1.29 is 14.3 Å². The average molecular weight is 351 g/mol. The van der Waals surface area contributed by atoms with Crippen molar-refractivity contribution in [1.29, 1.82) is 0 Å². The lowest BCUT2D eigenvalue weighted by atomic mass is 9.83. The van der Waals surface area contributed by atoms with Crippen LogP contribution in [-0.4, -0.2) is 25.0 Å². The first kappa shape index (κ1) is 18.2. The van der Waals surface area contributed by atoms with Crippen molar-refractivity contribution in [2.24, 2.45) is 5.92 Å². The molecule has 0 heterocycles. The molecule has 1 aliphatic carbocycles. The van der Waals surface area contributed by atoms with Gasteiger partial charge in [-0.15, -0.1) is 0 Å². The Balaban J connectivity index is 1.71. The van der Waals surface area contributed by atoms with Crippen LogP contribution in [0.5, 0.6) is 0 Å². The Morgan fingerprint density at radius 2 is 1.54 bits per heavy atom. The van der Waals surface area contributed by atoms with E-state index in [0.717, 1.165) is 36.8 Å². The van der Waals surface area contributed by atoms with E-state index in [1.54, 1.807) is 12.1 Å². The van der Waals surface area contributed by atoms with Gasteiger partial charge in [0.25, 0.3) is 5.91 Å². The first-order chi connectivity index (χ1) is 12.7. The molecule has 0 aromatic heterocycles. The van der Waals surface area contributed by atoms with E-state index in [9.17, 15) is 9.59 Å². The minimum atomic E-state index is -0.568. The first-order valence-corrected chi connectivity index (χ1v) is 9.23. The molecule has 0 radical (unpaired) electrons. The summed E-state index contributed by atoms with van der Waals surface area (Å²) in [6.45, 7) is 0. The lowest BCUT2D eigenvalue weighted by Gasteiger charge is -2.29. The zero-order chi connectivity index (χ0) is 18.4. The van der Waals surface area contributed by atoms with Crippen molar-refractivity contribution >= 4 is 11.9 Å². The number of esters is 1. The molecule has 3 rings (SSSR count). The van der Waals surface area contributed by atoms with E-state index in [1.165, 1.54) is 13.5 Å². The molecule has 4 nitrogen and oxygen atoms in total. The van der Waals surface area contributed by atoms with Crippen LogP contribution in [0.15, 0.2) is 54.6 Å². The maximum absolute atomic E-state index is 12.6. The second-order valence-electron chi connectivity index (χ2n) is 6.82. The third-order valence-corrected chi connectivity index (χ3v) is 5.12. The molecule has 2 aromatic rings. The number of rotatable bonds is 5. The molecule has 26 heavy (non-hydrogen) atoms. The SMILES string of the molecule is COC(=O)[C@H](NC(=O)c1ccc(-c2ccccc2)cc1)C1CCCCC1. The Bertz CT molecular complexity index is 734. The van der Waals surface area contributed by atoms with E-state index >= 15 is 0 Å². The molecule has 4 heteroatoms. The highest BCUT2D eigenvalue weighted by atomic mass is 16.5. The third kappa shape index (κ3) is 4.31. The molecule has 1 aliphatic rings. The second-order valence-corrected chi connectivity index (χ2v) is 6.82. The monoisotopic (exact) mass is 351 g/mol. The maximum Gasteiger partial charge on any atom is 0.328 e. The van der Waals surface area contributed by atoms with E-state index in [-0.39, 0.29) is 17.8 Å². The number of amides is 1. The van der Waals surface area contributed by atoms with E-state index in [4.69, 9.17) is 4.74 Å². The van der Waals surface area contributed by atoms with Crippen molar-refractivity contribution in [3.8, 4) is 11.1 Å². The van der Waals surface area contributed by atoms with Gasteiger partial charge >= 0.3 is 5.97 Å². The molecule has 1 amide bonds. The standard InChI is InChI=1S/C22H25NO3/c1-26-22(25)20(18-10-6-3-7-11-18)23-21(24)19-14-12-17(13-15-19)16-8-4-2-5-9-16/h2,4-5,8-9,12-15,18,20H,3,6-7,10-11H2,1H3,(H,23,24)/t20-/m1/s1. The van der Waals surface area contributed by atoms with E-state index < -0.39 is 6.04 Å². The minimum Gasteiger partial charge on any atom is -0.467 e. The molecule has 1 N–H and O–H groups in total. The van der Waals surface area contributed by atoms with Crippen LogP contribution in [0.3, 0.4) is 0 Å². The van der Waals surface area contributed by atoms with Crippen LogP contribution in [0.25, 0.3) is 11.1 Å². The highest BCUT2D eigenvalue weighted by Crippen LogP contribution is 2.27. The summed E-state index contributed by atoms with van der Waals surface area (Å²) in [6, 6.07) is 16.9. The van der Waals surface area contributed by atoms with Crippen LogP contribution in [-0.2, 0) is 9.53 Å². The molecule has 0 saturated heterocycles. The molecule has 0 bridgehead atoms. The Hall–Kier alpha value is -2.62. The maximum atomic E-state index is 12.6. The van der Waals surface area contributed by atoms with Gasteiger partial charge < -0.3 is 10.1 Å². The second kappa shape index (κ2) is 8.65. The smallest absolute Gasteiger partial charge is 0.328 e. The van der Waals surface area contributed by atoms with Crippen LogP contribution in [0, 0.1) is 5.92 Å². The summed E-state index contributed by atoms with van der Waals surface area (Å²) in [6.07, 6.45) is 5.29. The van der Waals surface area contributed by atoms with Gasteiger partial charge in [-0.2, -0.15) is 0 Å². The number of carbonyl (C=O) groups excluding carboxylic acids is 2. The molecule has 0 aliphatic heterocycles. The Morgan fingerprint density at radius 1 is 0.923 bits per heavy atom. The normalized spacial score (nSPS) is 15.9. The molecule has 1 saturated carbocycles. The summed E-state index contributed by atoms with van der Waals surface area (Å²) < 4.78 is 4.93. The number of nitrogens with one attached hydrogen (secondary N) is 1. The van der Waals surface area contributed by atoms with Gasteiger partial charge in [-0.1, -0.05) is 61.7 Å². The molecule has 0 unspecified atom stereocenters. The highest BCUT2D eigenvalue weighted by Gasteiger charge is 2.31. The minimum absolute atomic E-state index is 0.156. The fourth-order valence-electron chi connectivity index (χ4n) is 3.63. The molecule has 2 aromatic carbocycles.